The van der Waals surface area contributed by atoms with E-state index in [1.807, 2.05) is 6.20 Å². The molecule has 2 rings (SSSR count). The van der Waals surface area contributed by atoms with Gasteiger partial charge in [0, 0.05) is 12.3 Å². The van der Waals surface area contributed by atoms with E-state index in [4.69, 9.17) is 4.42 Å². The zero-order chi connectivity index (χ0) is 10.5. The molecule has 1 aliphatic carbocycles. The van der Waals surface area contributed by atoms with E-state index in [0.717, 1.165) is 37.6 Å². The van der Waals surface area contributed by atoms with E-state index in [1.165, 1.54) is 19.3 Å². The van der Waals surface area contributed by atoms with E-state index < -0.39 is 0 Å². The summed E-state index contributed by atoms with van der Waals surface area (Å²) >= 11 is 0. The Bertz CT molecular complexity index is 292. The van der Waals surface area contributed by atoms with Gasteiger partial charge in [-0.05, 0) is 38.8 Å². The van der Waals surface area contributed by atoms with Crippen molar-refractivity contribution in [3.8, 4) is 0 Å². The van der Waals surface area contributed by atoms with Crippen molar-refractivity contribution in [2.24, 2.45) is 0 Å². The van der Waals surface area contributed by atoms with Crippen molar-refractivity contribution in [2.45, 2.75) is 44.9 Å². The van der Waals surface area contributed by atoms with Crippen LogP contribution in [0.4, 0.5) is 0 Å². The first-order valence-corrected chi connectivity index (χ1v) is 6.05. The largest absolute Gasteiger partial charge is 0.445 e. The molecule has 1 saturated carbocycles. The van der Waals surface area contributed by atoms with Gasteiger partial charge in [-0.15, -0.1) is 0 Å². The molecule has 0 aromatic carbocycles. The topological polar surface area (TPSA) is 38.1 Å². The molecule has 1 aliphatic rings. The lowest BCUT2D eigenvalue weighted by Crippen LogP contribution is -2.16. The molecule has 1 aromatic rings. The average molecular weight is 208 g/mol. The molecule has 0 bridgehead atoms. The first-order chi connectivity index (χ1) is 7.40. The van der Waals surface area contributed by atoms with Gasteiger partial charge in [0.2, 0.25) is 0 Å². The molecule has 0 amide bonds. The van der Waals surface area contributed by atoms with Crippen molar-refractivity contribution in [1.29, 1.82) is 0 Å². The van der Waals surface area contributed by atoms with Gasteiger partial charge in [0.15, 0.2) is 5.89 Å². The highest BCUT2D eigenvalue weighted by Crippen LogP contribution is 2.40. The highest BCUT2D eigenvalue weighted by atomic mass is 16.4. The number of aromatic nitrogens is 1. The number of nitrogens with zero attached hydrogens (tertiary/aromatic N) is 1. The van der Waals surface area contributed by atoms with Crippen LogP contribution in [0.3, 0.4) is 0 Å². The molecule has 1 heterocycles. The van der Waals surface area contributed by atoms with Crippen LogP contribution in [0.25, 0.3) is 0 Å². The van der Waals surface area contributed by atoms with Crippen LogP contribution < -0.4 is 5.32 Å². The van der Waals surface area contributed by atoms with E-state index in [-0.39, 0.29) is 0 Å². The normalized spacial score (nSPS) is 15.8. The van der Waals surface area contributed by atoms with Crippen LogP contribution in [-0.4, -0.2) is 18.1 Å². The van der Waals surface area contributed by atoms with Gasteiger partial charge in [-0.1, -0.05) is 6.92 Å². The molecule has 0 spiro atoms. The third-order valence-electron chi connectivity index (χ3n) is 2.72. The van der Waals surface area contributed by atoms with Crippen molar-refractivity contribution in [3.05, 3.63) is 17.8 Å². The third kappa shape index (κ3) is 3.34. The lowest BCUT2D eigenvalue weighted by molar-refractivity contribution is 0.447. The summed E-state index contributed by atoms with van der Waals surface area (Å²) in [6, 6.07) is 0. The Labute approximate surface area is 91.3 Å². The number of oxazole rings is 1. The van der Waals surface area contributed by atoms with Gasteiger partial charge in [0.25, 0.3) is 0 Å². The summed E-state index contributed by atoms with van der Waals surface area (Å²) in [6.45, 7) is 4.36. The van der Waals surface area contributed by atoms with E-state index in [0.29, 0.717) is 5.92 Å². The standard InChI is InChI=1S/C12H20N2O/c1-2-7-13-8-3-4-12-14-9-11(15-12)10-5-6-10/h9-10,13H,2-8H2,1H3. The summed E-state index contributed by atoms with van der Waals surface area (Å²) in [4.78, 5) is 4.30. The Morgan fingerprint density at radius 1 is 1.47 bits per heavy atom. The summed E-state index contributed by atoms with van der Waals surface area (Å²) in [5.74, 6) is 2.70. The maximum absolute atomic E-state index is 5.68. The van der Waals surface area contributed by atoms with Gasteiger partial charge >= 0.3 is 0 Å². The molecule has 0 saturated heterocycles. The Morgan fingerprint density at radius 3 is 3.07 bits per heavy atom. The summed E-state index contributed by atoms with van der Waals surface area (Å²) in [7, 11) is 0. The Kier molecular flexibility index (Phi) is 3.78. The van der Waals surface area contributed by atoms with Gasteiger partial charge in [-0.25, -0.2) is 4.98 Å². The lowest BCUT2D eigenvalue weighted by atomic mass is 10.3. The predicted molar refractivity (Wildman–Crippen MR) is 60.0 cm³/mol. The highest BCUT2D eigenvalue weighted by molar-refractivity contribution is 5.08. The molecule has 3 nitrogen and oxygen atoms in total. The number of rotatable bonds is 7. The van der Waals surface area contributed by atoms with Crippen LogP contribution in [0.5, 0.6) is 0 Å². The first kappa shape index (κ1) is 10.7. The fourth-order valence-corrected chi connectivity index (χ4v) is 1.66. The molecule has 1 aromatic heterocycles. The molecule has 0 radical (unpaired) electrons. The second-order valence-electron chi connectivity index (χ2n) is 4.28. The number of nitrogens with one attached hydrogen (secondary N) is 1. The van der Waals surface area contributed by atoms with Crippen LogP contribution in [0.15, 0.2) is 10.6 Å². The summed E-state index contributed by atoms with van der Waals surface area (Å²) in [5, 5.41) is 3.38. The lowest BCUT2D eigenvalue weighted by Gasteiger charge is -2.00. The maximum atomic E-state index is 5.68. The zero-order valence-corrected chi connectivity index (χ0v) is 9.46. The molecule has 3 heteroatoms. The molecule has 0 unspecified atom stereocenters. The van der Waals surface area contributed by atoms with Crippen molar-refractivity contribution in [2.75, 3.05) is 13.1 Å². The van der Waals surface area contributed by atoms with Crippen molar-refractivity contribution < 1.29 is 4.42 Å². The Hall–Kier alpha value is -0.830. The summed E-state index contributed by atoms with van der Waals surface area (Å²) in [6.07, 6.45) is 7.75. The number of aryl methyl sites for hydroxylation is 1. The fraction of sp³-hybridized carbons (Fsp3) is 0.750. The second-order valence-corrected chi connectivity index (χ2v) is 4.28. The molecular weight excluding hydrogens is 188 g/mol. The minimum Gasteiger partial charge on any atom is -0.445 e. The maximum Gasteiger partial charge on any atom is 0.194 e. The molecule has 1 fully saturated rings. The zero-order valence-electron chi connectivity index (χ0n) is 9.46. The highest BCUT2D eigenvalue weighted by Gasteiger charge is 2.27. The SMILES string of the molecule is CCCNCCCc1ncc(C2CC2)o1. The van der Waals surface area contributed by atoms with E-state index in [2.05, 4.69) is 17.2 Å². The van der Waals surface area contributed by atoms with Gasteiger partial charge in [-0.2, -0.15) is 0 Å². The average Bonchev–Trinajstić information content (AvgIpc) is 2.99. The molecule has 1 N–H and O–H groups in total. The van der Waals surface area contributed by atoms with Crippen LogP contribution in [-0.2, 0) is 6.42 Å². The Balaban J connectivity index is 1.64. The van der Waals surface area contributed by atoms with Gasteiger partial charge < -0.3 is 9.73 Å². The second kappa shape index (κ2) is 5.31. The van der Waals surface area contributed by atoms with E-state index in [1.54, 1.807) is 0 Å². The molecule has 0 aliphatic heterocycles. The van der Waals surface area contributed by atoms with Crippen LogP contribution in [0.2, 0.25) is 0 Å². The van der Waals surface area contributed by atoms with Gasteiger partial charge in [-0.3, -0.25) is 0 Å². The van der Waals surface area contributed by atoms with Crippen molar-refractivity contribution in [1.82, 2.24) is 10.3 Å². The Morgan fingerprint density at radius 2 is 2.33 bits per heavy atom. The van der Waals surface area contributed by atoms with E-state index >= 15 is 0 Å². The molecular formula is C12H20N2O. The summed E-state index contributed by atoms with van der Waals surface area (Å²) < 4.78 is 5.68. The van der Waals surface area contributed by atoms with E-state index in [9.17, 15) is 0 Å². The van der Waals surface area contributed by atoms with Crippen molar-refractivity contribution >= 4 is 0 Å². The predicted octanol–water partition coefficient (Wildman–Crippen LogP) is 2.48. The van der Waals surface area contributed by atoms with Crippen LogP contribution in [0.1, 0.15) is 50.2 Å². The van der Waals surface area contributed by atoms with Crippen molar-refractivity contribution in [3.63, 3.8) is 0 Å². The number of hydrogen-bond acceptors (Lipinski definition) is 3. The fourth-order valence-electron chi connectivity index (χ4n) is 1.66. The monoisotopic (exact) mass is 208 g/mol. The third-order valence-corrected chi connectivity index (χ3v) is 2.72. The minimum atomic E-state index is 0.685. The molecule has 15 heavy (non-hydrogen) atoms. The quantitative estimate of drug-likeness (QED) is 0.700. The number of hydrogen-bond donors (Lipinski definition) is 1. The first-order valence-electron chi connectivity index (χ1n) is 6.05. The minimum absolute atomic E-state index is 0.685. The smallest absolute Gasteiger partial charge is 0.194 e. The van der Waals surface area contributed by atoms with Gasteiger partial charge in [0.05, 0.1) is 6.20 Å². The molecule has 0 atom stereocenters. The molecule has 84 valence electrons. The van der Waals surface area contributed by atoms with Crippen LogP contribution >= 0.6 is 0 Å². The summed E-state index contributed by atoms with van der Waals surface area (Å²) in [5.41, 5.74) is 0. The van der Waals surface area contributed by atoms with Crippen LogP contribution in [0, 0.1) is 0 Å². The van der Waals surface area contributed by atoms with Gasteiger partial charge in [0.1, 0.15) is 5.76 Å².